The van der Waals surface area contributed by atoms with Gasteiger partial charge in [0.1, 0.15) is 29.7 Å². The number of fused-ring (bicyclic) bond motifs is 1. The van der Waals surface area contributed by atoms with Crippen molar-refractivity contribution in [3.8, 4) is 0 Å². The first-order chi connectivity index (χ1) is 9.47. The lowest BCUT2D eigenvalue weighted by atomic mass is 9.92. The van der Waals surface area contributed by atoms with E-state index in [9.17, 15) is 14.4 Å². The largest absolute Gasteiger partial charge is 0.462 e. The number of nitrogens with zero attached hydrogens (tertiary/aromatic N) is 1. The van der Waals surface area contributed by atoms with Gasteiger partial charge in [-0.3, -0.25) is 14.5 Å². The summed E-state index contributed by atoms with van der Waals surface area (Å²) in [5.74, 6) is -1.63. The van der Waals surface area contributed by atoms with Gasteiger partial charge in [-0.2, -0.15) is 0 Å². The molecule has 1 saturated heterocycles. The van der Waals surface area contributed by atoms with Crippen LogP contribution in [-0.4, -0.2) is 40.8 Å². The quantitative estimate of drug-likeness (QED) is 0.429. The van der Waals surface area contributed by atoms with Crippen LogP contribution >= 0.6 is 11.8 Å². The van der Waals surface area contributed by atoms with Crippen molar-refractivity contribution < 1.29 is 23.9 Å². The minimum absolute atomic E-state index is 0.0980. The number of carbonyl (C=O) groups is 3. The van der Waals surface area contributed by atoms with Crippen LogP contribution in [0, 0.1) is 5.92 Å². The predicted molar refractivity (Wildman–Crippen MR) is 72.2 cm³/mol. The van der Waals surface area contributed by atoms with E-state index >= 15 is 0 Å². The number of hydrogen-bond donors (Lipinski definition) is 0. The van der Waals surface area contributed by atoms with Crippen molar-refractivity contribution in [2.24, 2.45) is 5.92 Å². The van der Waals surface area contributed by atoms with Gasteiger partial charge in [0.05, 0.1) is 0 Å². The number of amides is 1. The minimum Gasteiger partial charge on any atom is -0.462 e. The van der Waals surface area contributed by atoms with E-state index in [1.165, 1.54) is 29.7 Å². The highest BCUT2D eigenvalue weighted by Crippen LogP contribution is 2.46. The number of ether oxygens (including phenoxy) is 2. The zero-order chi connectivity index (χ0) is 14.9. The fraction of sp³-hybridized carbons (Fsp3) is 0.462. The van der Waals surface area contributed by atoms with Crippen molar-refractivity contribution in [2.75, 3.05) is 6.61 Å². The summed E-state index contributed by atoms with van der Waals surface area (Å²) >= 11 is 1.35. The van der Waals surface area contributed by atoms with Gasteiger partial charge in [0, 0.05) is 12.3 Å². The van der Waals surface area contributed by atoms with Crippen molar-refractivity contribution in [2.45, 2.75) is 25.3 Å². The highest BCUT2D eigenvalue weighted by atomic mass is 32.2. The Morgan fingerprint density at radius 3 is 2.90 bits per heavy atom. The Labute approximate surface area is 120 Å². The van der Waals surface area contributed by atoms with Crippen molar-refractivity contribution >= 4 is 29.6 Å². The second-order valence-electron chi connectivity index (χ2n) is 4.47. The third kappa shape index (κ3) is 2.45. The molecule has 2 aliphatic rings. The van der Waals surface area contributed by atoms with E-state index < -0.39 is 24.0 Å². The number of carbonyl (C=O) groups excluding carboxylic acids is 3. The van der Waals surface area contributed by atoms with Crippen LogP contribution in [0.1, 0.15) is 13.8 Å². The van der Waals surface area contributed by atoms with E-state index in [-0.39, 0.29) is 23.6 Å². The Kier molecular flexibility index (Phi) is 4.17. The van der Waals surface area contributed by atoms with E-state index in [1.54, 1.807) is 12.3 Å². The first kappa shape index (κ1) is 14.6. The summed E-state index contributed by atoms with van der Waals surface area (Å²) in [6, 6.07) is 0. The number of esters is 2. The van der Waals surface area contributed by atoms with Gasteiger partial charge >= 0.3 is 11.9 Å². The average molecular weight is 297 g/mol. The molecular formula is C13H15NO5S. The Morgan fingerprint density at radius 1 is 1.60 bits per heavy atom. The molecule has 1 fully saturated rings. The molecular weight excluding hydrogens is 282 g/mol. The van der Waals surface area contributed by atoms with Crippen molar-refractivity contribution in [3.63, 3.8) is 0 Å². The third-order valence-corrected chi connectivity index (χ3v) is 4.20. The van der Waals surface area contributed by atoms with Crippen LogP contribution in [0.5, 0.6) is 0 Å². The van der Waals surface area contributed by atoms with Gasteiger partial charge in [-0.15, -0.1) is 11.8 Å². The fourth-order valence-electron chi connectivity index (χ4n) is 2.20. The Balaban J connectivity index is 2.00. The van der Waals surface area contributed by atoms with Gasteiger partial charge in [-0.1, -0.05) is 12.7 Å². The molecule has 20 heavy (non-hydrogen) atoms. The minimum atomic E-state index is -0.549. The number of rotatable bonds is 5. The zero-order valence-electron chi connectivity index (χ0n) is 11.2. The van der Waals surface area contributed by atoms with Gasteiger partial charge < -0.3 is 9.47 Å². The lowest BCUT2D eigenvalue weighted by Crippen LogP contribution is -2.61. The third-order valence-electron chi connectivity index (χ3n) is 3.06. The first-order valence-electron chi connectivity index (χ1n) is 6.11. The second-order valence-corrected chi connectivity index (χ2v) is 5.46. The molecule has 0 aromatic carbocycles. The number of β-lactam (4-membered cyclic amide) rings is 1. The van der Waals surface area contributed by atoms with Crippen molar-refractivity contribution in [1.29, 1.82) is 0 Å². The molecule has 108 valence electrons. The van der Waals surface area contributed by atoms with Crippen molar-refractivity contribution in [3.05, 3.63) is 23.8 Å². The molecule has 0 radical (unpaired) electrons. The summed E-state index contributed by atoms with van der Waals surface area (Å²) in [4.78, 5) is 36.2. The average Bonchev–Trinajstić information content (AvgIpc) is 2.74. The maximum atomic E-state index is 12.1. The highest BCUT2D eigenvalue weighted by Gasteiger charge is 2.56. The van der Waals surface area contributed by atoms with E-state index in [1.807, 2.05) is 0 Å². The van der Waals surface area contributed by atoms with Crippen LogP contribution in [0.15, 0.2) is 23.8 Å². The molecule has 6 nitrogen and oxygen atoms in total. The monoisotopic (exact) mass is 297 g/mol. The molecule has 0 saturated carbocycles. The highest BCUT2D eigenvalue weighted by molar-refractivity contribution is 8.03. The molecule has 1 amide bonds. The topological polar surface area (TPSA) is 72.9 Å². The van der Waals surface area contributed by atoms with Crippen LogP contribution in [0.2, 0.25) is 0 Å². The van der Waals surface area contributed by atoms with Gasteiger partial charge in [0.15, 0.2) is 0 Å². The number of hydrogen-bond acceptors (Lipinski definition) is 6. The van der Waals surface area contributed by atoms with E-state index in [4.69, 9.17) is 9.47 Å². The normalized spacial score (nSPS) is 25.2. The standard InChI is InChI=1S/C13H15NO5S/c1-4-5-18-13(17)9-6-20-12-10(11(16)14(9)12)7(2)19-8(3)15/h4,6-7,10,12H,1,5H2,2-3H3/t7?,10-,12-/m0/s1. The van der Waals surface area contributed by atoms with Gasteiger partial charge in [-0.05, 0) is 6.92 Å². The summed E-state index contributed by atoms with van der Waals surface area (Å²) < 4.78 is 9.96. The van der Waals surface area contributed by atoms with E-state index in [2.05, 4.69) is 6.58 Å². The fourth-order valence-corrected chi connectivity index (χ4v) is 3.53. The molecule has 0 aromatic heterocycles. The molecule has 7 heteroatoms. The molecule has 1 unspecified atom stereocenters. The lowest BCUT2D eigenvalue weighted by Gasteiger charge is -2.44. The summed E-state index contributed by atoms with van der Waals surface area (Å²) in [6.07, 6.45) is 0.951. The molecule has 2 heterocycles. The molecule has 0 bridgehead atoms. The van der Waals surface area contributed by atoms with Crippen molar-refractivity contribution in [1.82, 2.24) is 4.90 Å². The first-order valence-corrected chi connectivity index (χ1v) is 7.05. The van der Waals surface area contributed by atoms with Gasteiger partial charge in [0.25, 0.3) is 0 Å². The predicted octanol–water partition coefficient (Wildman–Crippen LogP) is 1.04. The van der Waals surface area contributed by atoms with E-state index in [0.717, 1.165) is 0 Å². The maximum Gasteiger partial charge on any atom is 0.355 e. The Morgan fingerprint density at radius 2 is 2.30 bits per heavy atom. The van der Waals surface area contributed by atoms with Gasteiger partial charge in [-0.25, -0.2) is 4.79 Å². The second kappa shape index (κ2) is 5.70. The Hall–Kier alpha value is -1.76. The maximum absolute atomic E-state index is 12.1. The van der Waals surface area contributed by atoms with Crippen LogP contribution in [-0.2, 0) is 23.9 Å². The molecule has 0 aliphatic carbocycles. The molecule has 2 rings (SSSR count). The zero-order valence-corrected chi connectivity index (χ0v) is 12.0. The molecule has 0 aromatic rings. The number of thioether (sulfide) groups is 1. The molecule has 0 N–H and O–H groups in total. The van der Waals surface area contributed by atoms with E-state index in [0.29, 0.717) is 0 Å². The molecule has 3 atom stereocenters. The smallest absolute Gasteiger partial charge is 0.355 e. The summed E-state index contributed by atoms with van der Waals surface area (Å²) in [7, 11) is 0. The van der Waals surface area contributed by atoms with Crippen LogP contribution in [0.25, 0.3) is 0 Å². The van der Waals surface area contributed by atoms with Crippen LogP contribution in [0.3, 0.4) is 0 Å². The molecule has 0 spiro atoms. The van der Waals surface area contributed by atoms with Gasteiger partial charge in [0.2, 0.25) is 5.91 Å². The summed E-state index contributed by atoms with van der Waals surface area (Å²) in [5.41, 5.74) is 0.234. The lowest BCUT2D eigenvalue weighted by molar-refractivity contribution is -0.165. The Bertz CT molecular complexity index is 501. The van der Waals surface area contributed by atoms with Crippen LogP contribution < -0.4 is 0 Å². The molecule has 2 aliphatic heterocycles. The summed E-state index contributed by atoms with van der Waals surface area (Å²) in [5, 5.41) is 1.40. The SMILES string of the molecule is C=CCOC(=O)C1=CS[C@H]2[C@@H](C(C)OC(C)=O)C(=O)N12. The van der Waals surface area contributed by atoms with Crippen LogP contribution in [0.4, 0.5) is 0 Å². The summed E-state index contributed by atoms with van der Waals surface area (Å²) in [6.45, 7) is 6.53.